The van der Waals surface area contributed by atoms with Gasteiger partial charge in [0.2, 0.25) is 0 Å². The van der Waals surface area contributed by atoms with Crippen molar-refractivity contribution in [3.05, 3.63) is 131 Å². The molecule has 1 N–H and O–H groups in total. The predicted octanol–water partition coefficient (Wildman–Crippen LogP) is 4.85. The third-order valence-electron chi connectivity index (χ3n) is 5.88. The second kappa shape index (κ2) is 10.2. The minimum Gasteiger partial charge on any atom is -0.489 e. The van der Waals surface area contributed by atoms with Crippen LogP contribution in [0.25, 0.3) is 16.5 Å². The summed E-state index contributed by atoms with van der Waals surface area (Å²) in [6.45, 7) is 2.33. The van der Waals surface area contributed by atoms with Gasteiger partial charge in [-0.1, -0.05) is 54.6 Å². The Bertz CT molecular complexity index is 1550. The maximum atomic E-state index is 13.3. The van der Waals surface area contributed by atoms with Gasteiger partial charge in [0.1, 0.15) is 12.4 Å². The monoisotopic (exact) mass is 476 g/mol. The number of carbonyl (C=O) groups excluding carboxylic acids is 1. The zero-order chi connectivity index (χ0) is 24.9. The number of hydrogen-bond donors (Lipinski definition) is 1. The Labute approximate surface area is 208 Å². The predicted molar refractivity (Wildman–Crippen MR) is 138 cm³/mol. The lowest BCUT2D eigenvalue weighted by Gasteiger charge is -2.16. The molecule has 0 aliphatic rings. The number of aromatic nitrogens is 3. The number of rotatable bonds is 7. The first-order chi connectivity index (χ1) is 17.6. The van der Waals surface area contributed by atoms with E-state index in [0.717, 1.165) is 16.9 Å². The summed E-state index contributed by atoms with van der Waals surface area (Å²) in [7, 11) is 0. The van der Waals surface area contributed by atoms with E-state index in [1.54, 1.807) is 48.8 Å². The third kappa shape index (κ3) is 4.86. The van der Waals surface area contributed by atoms with Crippen molar-refractivity contribution in [2.24, 2.45) is 0 Å². The van der Waals surface area contributed by atoms with Crippen molar-refractivity contribution in [2.75, 3.05) is 0 Å². The zero-order valence-electron chi connectivity index (χ0n) is 19.7. The van der Waals surface area contributed by atoms with Crippen molar-refractivity contribution in [1.82, 2.24) is 20.1 Å². The summed E-state index contributed by atoms with van der Waals surface area (Å²) in [5.74, 6) is 0.365. The molecule has 3 aromatic carbocycles. The molecule has 5 aromatic rings. The van der Waals surface area contributed by atoms with Crippen molar-refractivity contribution in [1.29, 1.82) is 0 Å². The molecule has 0 saturated heterocycles. The van der Waals surface area contributed by atoms with Gasteiger partial charge in [-0.05, 0) is 48.9 Å². The van der Waals surface area contributed by atoms with Gasteiger partial charge in [0.25, 0.3) is 11.5 Å². The lowest BCUT2D eigenvalue weighted by Crippen LogP contribution is -2.31. The normalized spacial score (nSPS) is 11.7. The van der Waals surface area contributed by atoms with E-state index in [9.17, 15) is 9.59 Å². The topological polar surface area (TPSA) is 86.1 Å². The second-order valence-electron chi connectivity index (χ2n) is 8.36. The van der Waals surface area contributed by atoms with Crippen molar-refractivity contribution in [3.63, 3.8) is 0 Å². The quantitative estimate of drug-likeness (QED) is 0.363. The van der Waals surface area contributed by atoms with Gasteiger partial charge < -0.3 is 10.1 Å². The van der Waals surface area contributed by atoms with E-state index < -0.39 is 0 Å². The summed E-state index contributed by atoms with van der Waals surface area (Å²) >= 11 is 0. The maximum Gasteiger partial charge on any atom is 0.279 e. The van der Waals surface area contributed by atoms with Gasteiger partial charge in [-0.2, -0.15) is 9.78 Å². The summed E-state index contributed by atoms with van der Waals surface area (Å²) < 4.78 is 7.10. The van der Waals surface area contributed by atoms with Crippen LogP contribution in [0.1, 0.15) is 34.6 Å². The van der Waals surface area contributed by atoms with Crippen LogP contribution in [-0.4, -0.2) is 20.7 Å². The van der Waals surface area contributed by atoms with Crippen LogP contribution in [0.2, 0.25) is 0 Å². The van der Waals surface area contributed by atoms with Gasteiger partial charge in [0, 0.05) is 23.3 Å². The Morgan fingerprint density at radius 1 is 0.917 bits per heavy atom. The first kappa shape index (κ1) is 23.0. The van der Waals surface area contributed by atoms with Crippen molar-refractivity contribution in [3.8, 4) is 11.4 Å². The molecule has 0 spiro atoms. The number of ether oxygens (including phenoxy) is 1. The fourth-order valence-corrected chi connectivity index (χ4v) is 3.95. The number of hydrogen-bond acceptors (Lipinski definition) is 5. The average molecular weight is 477 g/mol. The summed E-state index contributed by atoms with van der Waals surface area (Å²) in [5, 5.41) is 8.41. The van der Waals surface area contributed by atoms with Gasteiger partial charge >= 0.3 is 0 Å². The number of fused-ring (bicyclic) bond motifs is 1. The van der Waals surface area contributed by atoms with E-state index in [4.69, 9.17) is 4.74 Å². The number of amides is 1. The van der Waals surface area contributed by atoms with Crippen molar-refractivity contribution >= 4 is 16.7 Å². The molecular formula is C29H24N4O3. The number of carbonyl (C=O) groups is 1. The molecule has 0 saturated carbocycles. The number of para-hydroxylation sites is 1. The molecule has 7 heteroatoms. The lowest BCUT2D eigenvalue weighted by molar-refractivity contribution is 0.0935. The molecule has 5 rings (SSSR count). The summed E-state index contributed by atoms with van der Waals surface area (Å²) in [6.07, 6.45) is 3.49. The fraction of sp³-hybridized carbons (Fsp3) is 0.103. The largest absolute Gasteiger partial charge is 0.489 e. The van der Waals surface area contributed by atoms with E-state index in [0.29, 0.717) is 23.1 Å². The van der Waals surface area contributed by atoms with Crippen molar-refractivity contribution < 1.29 is 9.53 Å². The number of nitrogens with one attached hydrogen (secondary N) is 1. The highest BCUT2D eigenvalue weighted by Gasteiger charge is 2.19. The van der Waals surface area contributed by atoms with Crippen LogP contribution in [-0.2, 0) is 6.61 Å². The van der Waals surface area contributed by atoms with Crippen LogP contribution < -0.4 is 15.6 Å². The van der Waals surface area contributed by atoms with Crippen LogP contribution in [0.4, 0.5) is 0 Å². The molecule has 36 heavy (non-hydrogen) atoms. The molecule has 0 aliphatic carbocycles. The smallest absolute Gasteiger partial charge is 0.279 e. The fourth-order valence-electron chi connectivity index (χ4n) is 3.95. The molecule has 2 aromatic heterocycles. The molecular weight excluding hydrogens is 452 g/mol. The van der Waals surface area contributed by atoms with Crippen LogP contribution in [0.5, 0.6) is 5.75 Å². The Kier molecular flexibility index (Phi) is 6.53. The van der Waals surface area contributed by atoms with Crippen molar-refractivity contribution in [2.45, 2.75) is 19.6 Å². The number of pyridine rings is 1. The summed E-state index contributed by atoms with van der Waals surface area (Å²) in [4.78, 5) is 30.5. The SMILES string of the molecule is CC(NC(=O)c1nn(-c2ccccc2)c(=O)c2ccccc12)c1ccc(OCc2cccnc2)cc1. The second-order valence-corrected chi connectivity index (χ2v) is 8.36. The van der Waals surface area contributed by atoms with Gasteiger partial charge in [-0.25, -0.2) is 0 Å². The average Bonchev–Trinajstić information content (AvgIpc) is 2.93. The van der Waals surface area contributed by atoms with E-state index in [1.165, 1.54) is 4.68 Å². The summed E-state index contributed by atoms with van der Waals surface area (Å²) in [5.41, 5.74) is 2.41. The molecule has 1 atom stereocenters. The standard InChI is InChI=1S/C29H24N4O3/c1-20(22-13-15-24(16-14-22)36-19-21-8-7-17-30-18-21)31-28(34)27-25-11-5-6-12-26(25)29(35)33(32-27)23-9-3-2-4-10-23/h2-18,20H,19H2,1H3,(H,31,34). The van der Waals surface area contributed by atoms with Gasteiger partial charge in [-0.3, -0.25) is 14.6 Å². The molecule has 178 valence electrons. The van der Waals surface area contributed by atoms with Crippen LogP contribution in [0.3, 0.4) is 0 Å². The van der Waals surface area contributed by atoms with Crippen LogP contribution in [0, 0.1) is 0 Å². The number of benzene rings is 3. The highest BCUT2D eigenvalue weighted by molar-refractivity contribution is 6.05. The van der Waals surface area contributed by atoms with E-state index in [-0.39, 0.29) is 23.2 Å². The first-order valence-electron chi connectivity index (χ1n) is 11.6. The Morgan fingerprint density at radius 2 is 1.64 bits per heavy atom. The van der Waals surface area contributed by atoms with Gasteiger partial charge in [0.05, 0.1) is 17.1 Å². The molecule has 0 radical (unpaired) electrons. The van der Waals surface area contributed by atoms with Crippen LogP contribution in [0.15, 0.2) is 108 Å². The Hall–Kier alpha value is -4.78. The Balaban J connectivity index is 1.36. The minimum absolute atomic E-state index is 0.192. The lowest BCUT2D eigenvalue weighted by atomic mass is 10.1. The molecule has 0 bridgehead atoms. The first-order valence-corrected chi connectivity index (χ1v) is 11.6. The van der Waals surface area contributed by atoms with Gasteiger partial charge in [0.15, 0.2) is 5.69 Å². The van der Waals surface area contributed by atoms with Crippen LogP contribution >= 0.6 is 0 Å². The highest BCUT2D eigenvalue weighted by atomic mass is 16.5. The minimum atomic E-state index is -0.361. The Morgan fingerprint density at radius 3 is 2.36 bits per heavy atom. The van der Waals surface area contributed by atoms with E-state index >= 15 is 0 Å². The number of nitrogens with zero attached hydrogens (tertiary/aromatic N) is 3. The molecule has 1 amide bonds. The van der Waals surface area contributed by atoms with E-state index in [1.807, 2.05) is 61.5 Å². The maximum absolute atomic E-state index is 13.3. The third-order valence-corrected chi connectivity index (χ3v) is 5.88. The highest BCUT2D eigenvalue weighted by Crippen LogP contribution is 2.20. The van der Waals surface area contributed by atoms with E-state index in [2.05, 4.69) is 15.4 Å². The molecule has 0 aliphatic heterocycles. The molecule has 0 fully saturated rings. The zero-order valence-corrected chi connectivity index (χ0v) is 19.7. The molecule has 1 unspecified atom stereocenters. The molecule has 7 nitrogen and oxygen atoms in total. The van der Waals surface area contributed by atoms with Gasteiger partial charge in [-0.15, -0.1) is 0 Å². The molecule has 2 heterocycles. The summed E-state index contributed by atoms with van der Waals surface area (Å²) in [6, 6.07) is 27.2.